The molecule has 90 valence electrons. The van der Waals surface area contributed by atoms with E-state index in [1.54, 1.807) is 11.3 Å². The summed E-state index contributed by atoms with van der Waals surface area (Å²) >= 11 is 1.76. The van der Waals surface area contributed by atoms with Crippen LogP contribution in [0.1, 0.15) is 23.3 Å². The predicted molar refractivity (Wildman–Crippen MR) is 67.6 cm³/mol. The van der Waals surface area contributed by atoms with E-state index in [0.717, 1.165) is 19.4 Å². The number of rotatable bonds is 3. The fourth-order valence-corrected chi connectivity index (χ4v) is 4.26. The summed E-state index contributed by atoms with van der Waals surface area (Å²) in [5, 5.41) is 5.54. The van der Waals surface area contributed by atoms with Crippen LogP contribution in [0.2, 0.25) is 0 Å². The van der Waals surface area contributed by atoms with Gasteiger partial charge in [-0.2, -0.15) is 0 Å². The van der Waals surface area contributed by atoms with Gasteiger partial charge in [-0.3, -0.25) is 0 Å². The van der Waals surface area contributed by atoms with Crippen molar-refractivity contribution in [1.82, 2.24) is 5.32 Å². The molecule has 0 saturated carbocycles. The highest BCUT2D eigenvalue weighted by Gasteiger charge is 2.23. The van der Waals surface area contributed by atoms with Crippen molar-refractivity contribution in [1.29, 1.82) is 0 Å². The van der Waals surface area contributed by atoms with Crippen molar-refractivity contribution in [2.24, 2.45) is 0 Å². The monoisotopic (exact) mass is 259 g/mol. The third-order valence-electron chi connectivity index (χ3n) is 3.07. The zero-order valence-electron chi connectivity index (χ0n) is 9.40. The van der Waals surface area contributed by atoms with Crippen LogP contribution in [-0.4, -0.2) is 26.0 Å². The van der Waals surface area contributed by atoms with Gasteiger partial charge in [-0.1, -0.05) is 0 Å². The Bertz CT molecular complexity index is 436. The number of thiophene rings is 1. The van der Waals surface area contributed by atoms with Crippen molar-refractivity contribution in [2.45, 2.75) is 32.4 Å². The van der Waals surface area contributed by atoms with Crippen LogP contribution < -0.4 is 5.32 Å². The van der Waals surface area contributed by atoms with Crippen LogP contribution in [-0.2, 0) is 16.4 Å². The molecule has 2 heterocycles. The third kappa shape index (κ3) is 3.06. The summed E-state index contributed by atoms with van der Waals surface area (Å²) in [6.45, 7) is 2.98. The smallest absolute Gasteiger partial charge is 0.150 e. The first-order valence-electron chi connectivity index (χ1n) is 5.53. The summed E-state index contributed by atoms with van der Waals surface area (Å²) in [5.41, 5.74) is 1.32. The first-order chi connectivity index (χ1) is 7.57. The van der Waals surface area contributed by atoms with Crippen LogP contribution in [0.15, 0.2) is 11.4 Å². The molecule has 1 saturated heterocycles. The van der Waals surface area contributed by atoms with Gasteiger partial charge in [0.05, 0.1) is 11.5 Å². The van der Waals surface area contributed by atoms with Gasteiger partial charge in [0.25, 0.3) is 0 Å². The predicted octanol–water partition coefficient (Wildman–Crippen LogP) is 1.72. The fourth-order valence-electron chi connectivity index (χ4n) is 1.92. The summed E-state index contributed by atoms with van der Waals surface area (Å²) < 4.78 is 22.5. The quantitative estimate of drug-likeness (QED) is 0.899. The van der Waals surface area contributed by atoms with Crippen molar-refractivity contribution in [3.05, 3.63) is 21.9 Å². The van der Waals surface area contributed by atoms with Crippen LogP contribution in [0, 0.1) is 6.92 Å². The largest absolute Gasteiger partial charge is 0.309 e. The Balaban J connectivity index is 1.82. The van der Waals surface area contributed by atoms with Gasteiger partial charge in [0.15, 0.2) is 0 Å². The first-order valence-corrected chi connectivity index (χ1v) is 8.24. The lowest BCUT2D eigenvalue weighted by Crippen LogP contribution is -2.37. The van der Waals surface area contributed by atoms with E-state index in [9.17, 15) is 8.42 Å². The topological polar surface area (TPSA) is 46.2 Å². The normalized spacial score (nSPS) is 21.1. The van der Waals surface area contributed by atoms with Gasteiger partial charge in [-0.05, 0) is 36.8 Å². The highest BCUT2D eigenvalue weighted by Crippen LogP contribution is 2.17. The van der Waals surface area contributed by atoms with Crippen LogP contribution in [0.3, 0.4) is 0 Å². The fraction of sp³-hybridized carbons (Fsp3) is 0.636. The number of aryl methyl sites for hydroxylation is 1. The molecule has 0 spiro atoms. The molecule has 0 atom stereocenters. The van der Waals surface area contributed by atoms with Gasteiger partial charge in [0, 0.05) is 17.5 Å². The number of sulfone groups is 1. The van der Waals surface area contributed by atoms with E-state index in [1.165, 1.54) is 10.4 Å². The Kier molecular flexibility index (Phi) is 3.66. The maximum atomic E-state index is 11.3. The highest BCUT2D eigenvalue weighted by molar-refractivity contribution is 7.91. The molecule has 0 aliphatic carbocycles. The number of hydrogen-bond donors (Lipinski definition) is 1. The van der Waals surface area contributed by atoms with E-state index in [-0.39, 0.29) is 0 Å². The molecule has 0 bridgehead atoms. The summed E-state index contributed by atoms with van der Waals surface area (Å²) in [6.07, 6.45) is 1.51. The molecule has 0 aromatic carbocycles. The first kappa shape index (κ1) is 12.1. The molecule has 3 nitrogen and oxygen atoms in total. The van der Waals surface area contributed by atoms with Crippen molar-refractivity contribution in [3.8, 4) is 0 Å². The van der Waals surface area contributed by atoms with E-state index in [0.29, 0.717) is 17.5 Å². The minimum absolute atomic E-state index is 0.341. The molecular formula is C11H17NO2S2. The molecule has 1 aliphatic heterocycles. The molecule has 1 aromatic heterocycles. The van der Waals surface area contributed by atoms with E-state index in [4.69, 9.17) is 0 Å². The second-order valence-electron chi connectivity index (χ2n) is 4.33. The van der Waals surface area contributed by atoms with Gasteiger partial charge in [-0.25, -0.2) is 8.42 Å². The SMILES string of the molecule is Cc1ccsc1CNC1CCS(=O)(=O)CC1. The van der Waals surface area contributed by atoms with E-state index >= 15 is 0 Å². The summed E-state index contributed by atoms with van der Waals surface area (Å²) in [5.74, 6) is 0.683. The molecule has 0 unspecified atom stereocenters. The average Bonchev–Trinajstić information content (AvgIpc) is 2.63. The minimum Gasteiger partial charge on any atom is -0.309 e. The maximum absolute atomic E-state index is 11.3. The molecule has 1 aromatic rings. The van der Waals surface area contributed by atoms with Gasteiger partial charge in [0.1, 0.15) is 9.84 Å². The third-order valence-corrected chi connectivity index (χ3v) is 5.81. The Morgan fingerprint density at radius 1 is 1.44 bits per heavy atom. The Morgan fingerprint density at radius 3 is 2.69 bits per heavy atom. The second-order valence-corrected chi connectivity index (χ2v) is 7.64. The lowest BCUT2D eigenvalue weighted by molar-refractivity contribution is 0.464. The standard InChI is InChI=1S/C11H17NO2S2/c1-9-2-5-15-11(9)8-12-10-3-6-16(13,14)7-4-10/h2,5,10,12H,3-4,6-8H2,1H3. The molecule has 1 fully saturated rings. The van der Waals surface area contributed by atoms with Crippen LogP contribution in [0.4, 0.5) is 0 Å². The van der Waals surface area contributed by atoms with Crippen molar-refractivity contribution >= 4 is 21.2 Å². The molecule has 0 radical (unpaired) electrons. The average molecular weight is 259 g/mol. The molecule has 16 heavy (non-hydrogen) atoms. The van der Waals surface area contributed by atoms with E-state index in [1.807, 2.05) is 0 Å². The Morgan fingerprint density at radius 2 is 2.12 bits per heavy atom. The summed E-state index contributed by atoms with van der Waals surface area (Å²) in [7, 11) is -2.73. The Hall–Kier alpha value is -0.390. The lowest BCUT2D eigenvalue weighted by atomic mass is 10.1. The zero-order chi connectivity index (χ0) is 11.6. The minimum atomic E-state index is -2.73. The van der Waals surface area contributed by atoms with Crippen molar-refractivity contribution in [3.63, 3.8) is 0 Å². The second kappa shape index (κ2) is 4.85. The van der Waals surface area contributed by atoms with E-state index < -0.39 is 9.84 Å². The van der Waals surface area contributed by atoms with Crippen LogP contribution in [0.25, 0.3) is 0 Å². The lowest BCUT2D eigenvalue weighted by Gasteiger charge is -2.22. The summed E-state index contributed by atoms with van der Waals surface area (Å²) in [4.78, 5) is 1.36. The van der Waals surface area contributed by atoms with Crippen LogP contribution in [0.5, 0.6) is 0 Å². The highest BCUT2D eigenvalue weighted by atomic mass is 32.2. The molecule has 1 N–H and O–H groups in total. The Labute approximate surface area is 101 Å². The van der Waals surface area contributed by atoms with Crippen molar-refractivity contribution < 1.29 is 8.42 Å². The van der Waals surface area contributed by atoms with Crippen molar-refractivity contribution in [2.75, 3.05) is 11.5 Å². The van der Waals surface area contributed by atoms with Gasteiger partial charge < -0.3 is 5.32 Å². The molecule has 1 aliphatic rings. The molecular weight excluding hydrogens is 242 g/mol. The molecule has 5 heteroatoms. The molecule has 2 rings (SSSR count). The number of hydrogen-bond acceptors (Lipinski definition) is 4. The van der Waals surface area contributed by atoms with Gasteiger partial charge >= 0.3 is 0 Å². The van der Waals surface area contributed by atoms with E-state index in [2.05, 4.69) is 23.7 Å². The maximum Gasteiger partial charge on any atom is 0.150 e. The number of nitrogens with one attached hydrogen (secondary N) is 1. The zero-order valence-corrected chi connectivity index (χ0v) is 11.0. The van der Waals surface area contributed by atoms with Gasteiger partial charge in [-0.15, -0.1) is 11.3 Å². The summed E-state index contributed by atoms with van der Waals surface area (Å²) in [6, 6.07) is 2.48. The van der Waals surface area contributed by atoms with Gasteiger partial charge in [0.2, 0.25) is 0 Å². The van der Waals surface area contributed by atoms with Crippen LogP contribution >= 0.6 is 11.3 Å². The molecule has 0 amide bonds.